The molecule has 3 aromatic rings. The van der Waals surface area contributed by atoms with Crippen LogP contribution in [0.25, 0.3) is 0 Å². The molecule has 208 valence electrons. The van der Waals surface area contributed by atoms with Crippen LogP contribution in [0, 0.1) is 5.82 Å². The molecular weight excluding hydrogens is 505 g/mol. The molecule has 0 bridgehead atoms. The summed E-state index contributed by atoms with van der Waals surface area (Å²) in [5.74, 6) is 1.05. The highest BCUT2D eigenvalue weighted by molar-refractivity contribution is 6.16. The maximum absolute atomic E-state index is 14.1. The summed E-state index contributed by atoms with van der Waals surface area (Å²) in [6.45, 7) is 5.33. The molecule has 2 aromatic carbocycles. The second-order valence-corrected chi connectivity index (χ2v) is 9.79. The Morgan fingerprint density at radius 1 is 1.28 bits per heavy atom. The van der Waals surface area contributed by atoms with Crippen molar-refractivity contribution in [1.82, 2.24) is 15.5 Å². The van der Waals surface area contributed by atoms with Gasteiger partial charge in [-0.05, 0) is 51.1 Å². The number of hydrogen-bond acceptors (Lipinski definition) is 8. The first-order chi connectivity index (χ1) is 18.7. The van der Waals surface area contributed by atoms with Crippen LogP contribution in [0.5, 0.6) is 11.5 Å². The molecule has 6 N–H and O–H groups in total. The number of halogens is 1. The van der Waals surface area contributed by atoms with Crippen molar-refractivity contribution in [3.8, 4) is 11.5 Å². The first-order valence-electron chi connectivity index (χ1n) is 12.6. The minimum atomic E-state index is -0.489. The summed E-state index contributed by atoms with van der Waals surface area (Å²) < 4.78 is 25.8. The van der Waals surface area contributed by atoms with E-state index in [1.807, 2.05) is 30.9 Å². The van der Waals surface area contributed by atoms with Crippen molar-refractivity contribution >= 4 is 28.9 Å². The number of anilines is 2. The number of aromatic nitrogens is 2. The highest BCUT2D eigenvalue weighted by Gasteiger charge is 2.27. The Bertz CT molecular complexity index is 1340. The Hall–Kier alpha value is -4.16. The van der Waals surface area contributed by atoms with E-state index in [0.29, 0.717) is 59.9 Å². The highest BCUT2D eigenvalue weighted by Crippen LogP contribution is 2.38. The Morgan fingerprint density at radius 3 is 2.82 bits per heavy atom. The second kappa shape index (κ2) is 12.1. The molecule has 1 aromatic heterocycles. The minimum Gasteiger partial charge on any atom is -0.493 e. The molecule has 0 aliphatic carbocycles. The number of carbonyl (C=O) groups excluding carboxylic acids is 1. The summed E-state index contributed by atoms with van der Waals surface area (Å²) in [5.41, 5.74) is 7.52. The number of hydrogen-bond donors (Lipinski definition) is 5. The van der Waals surface area contributed by atoms with Crippen LogP contribution in [-0.4, -0.2) is 66.1 Å². The Morgan fingerprint density at radius 2 is 2.10 bits per heavy atom. The number of methoxy groups -OCH3 is 1. The number of aromatic amines is 1. The zero-order valence-electron chi connectivity index (χ0n) is 22.3. The molecule has 11 nitrogen and oxygen atoms in total. The van der Waals surface area contributed by atoms with Gasteiger partial charge in [0.25, 0.3) is 0 Å². The first kappa shape index (κ1) is 27.9. The summed E-state index contributed by atoms with van der Waals surface area (Å²) >= 11 is 0. The van der Waals surface area contributed by atoms with Gasteiger partial charge in [-0.25, -0.2) is 9.38 Å². The third-order valence-electron chi connectivity index (χ3n) is 6.13. The summed E-state index contributed by atoms with van der Waals surface area (Å²) in [6.07, 6.45) is 0.731. The van der Waals surface area contributed by atoms with Crippen LogP contribution in [0.3, 0.4) is 0 Å². The van der Waals surface area contributed by atoms with E-state index in [-0.39, 0.29) is 24.4 Å². The van der Waals surface area contributed by atoms with E-state index >= 15 is 0 Å². The molecule has 1 aliphatic rings. The van der Waals surface area contributed by atoms with Crippen LogP contribution >= 0.6 is 0 Å². The minimum absolute atomic E-state index is 0.00510. The van der Waals surface area contributed by atoms with E-state index in [9.17, 15) is 14.3 Å². The number of nitrogens with zero attached hydrogens (tertiary/aromatic N) is 3. The molecule has 4 rings (SSSR count). The molecule has 1 aliphatic heterocycles. The predicted octanol–water partition coefficient (Wildman–Crippen LogP) is 2.68. The number of aliphatic hydroxyl groups excluding tert-OH is 1. The number of amides is 1. The molecule has 0 unspecified atom stereocenters. The zero-order chi connectivity index (χ0) is 28.0. The Balaban J connectivity index is 1.64. The molecule has 0 saturated heterocycles. The average Bonchev–Trinajstić information content (AvgIpc) is 3.34. The number of aliphatic hydroxyl groups is 1. The van der Waals surface area contributed by atoms with E-state index in [1.54, 1.807) is 25.3 Å². The molecule has 1 amide bonds. The van der Waals surface area contributed by atoms with Crippen LogP contribution in [0.2, 0.25) is 0 Å². The van der Waals surface area contributed by atoms with Gasteiger partial charge in [0.2, 0.25) is 5.91 Å². The van der Waals surface area contributed by atoms with Gasteiger partial charge in [0, 0.05) is 34.6 Å². The van der Waals surface area contributed by atoms with Gasteiger partial charge in [0.05, 0.1) is 39.1 Å². The topological polar surface area (TPSA) is 150 Å². The van der Waals surface area contributed by atoms with E-state index in [1.165, 1.54) is 12.1 Å². The van der Waals surface area contributed by atoms with Gasteiger partial charge in [-0.15, -0.1) is 0 Å². The SMILES string of the molecule is COc1cc2c(cc1OCCCNC(C)(C)CO)NCN(c1cccc(F)c1)C2=Nc1cc(CC(N)=O)[nH]n1. The fraction of sp³-hybridized carbons (Fsp3) is 0.370. The van der Waals surface area contributed by atoms with Gasteiger partial charge in [-0.3, -0.25) is 9.89 Å². The van der Waals surface area contributed by atoms with Gasteiger partial charge in [0.1, 0.15) is 11.7 Å². The van der Waals surface area contributed by atoms with E-state index in [2.05, 4.69) is 20.8 Å². The predicted molar refractivity (Wildman–Crippen MR) is 147 cm³/mol. The number of fused-ring (bicyclic) bond motifs is 1. The maximum atomic E-state index is 14.1. The van der Waals surface area contributed by atoms with Crippen LogP contribution in [0.1, 0.15) is 31.5 Å². The molecule has 12 heteroatoms. The number of H-pyrrole nitrogens is 1. The summed E-state index contributed by atoms with van der Waals surface area (Å²) in [7, 11) is 1.56. The third-order valence-corrected chi connectivity index (χ3v) is 6.13. The number of rotatable bonds is 12. The molecule has 0 fully saturated rings. The molecule has 0 atom stereocenters. The van der Waals surface area contributed by atoms with Gasteiger partial charge in [0.15, 0.2) is 17.3 Å². The van der Waals surface area contributed by atoms with Crippen LogP contribution in [0.15, 0.2) is 47.5 Å². The lowest BCUT2D eigenvalue weighted by Gasteiger charge is -2.33. The van der Waals surface area contributed by atoms with Crippen molar-refractivity contribution in [3.05, 3.63) is 59.5 Å². The van der Waals surface area contributed by atoms with Gasteiger partial charge < -0.3 is 35.8 Å². The third kappa shape index (κ3) is 7.03. The van der Waals surface area contributed by atoms with Crippen LogP contribution < -0.4 is 30.7 Å². The lowest BCUT2D eigenvalue weighted by molar-refractivity contribution is -0.117. The number of ether oxygens (including phenoxy) is 2. The van der Waals surface area contributed by atoms with Crippen molar-refractivity contribution in [2.75, 3.05) is 43.8 Å². The summed E-state index contributed by atoms with van der Waals surface area (Å²) in [6, 6.07) is 11.5. The highest BCUT2D eigenvalue weighted by atomic mass is 19.1. The Kier molecular flexibility index (Phi) is 8.67. The molecule has 0 saturated carbocycles. The number of amidine groups is 1. The first-order valence-corrected chi connectivity index (χ1v) is 12.6. The van der Waals surface area contributed by atoms with Crippen molar-refractivity contribution in [1.29, 1.82) is 0 Å². The number of nitrogens with one attached hydrogen (secondary N) is 3. The molecule has 0 radical (unpaired) electrons. The molecule has 2 heterocycles. The smallest absolute Gasteiger partial charge is 0.223 e. The number of nitrogens with two attached hydrogens (primary N) is 1. The van der Waals surface area contributed by atoms with Gasteiger partial charge >= 0.3 is 0 Å². The van der Waals surface area contributed by atoms with Crippen molar-refractivity contribution in [2.24, 2.45) is 10.7 Å². The number of benzene rings is 2. The standard InChI is InChI=1S/C27H34FN7O4/c1-27(2,15-36)31-8-5-9-39-23-14-21-20(13-22(23)38-3)26(32-25-12-18(33-34-25)11-24(29)37)35(16-30-21)19-7-4-6-17(28)10-19/h4,6-7,10,12-14,30-31,36H,5,8-9,11,15-16H2,1-3H3,(H2,29,37)(H,33,34). The van der Waals surface area contributed by atoms with Crippen LogP contribution in [0.4, 0.5) is 21.6 Å². The molecule has 0 spiro atoms. The van der Waals surface area contributed by atoms with Crippen LogP contribution in [-0.2, 0) is 11.2 Å². The van der Waals surface area contributed by atoms with E-state index in [4.69, 9.17) is 20.2 Å². The van der Waals surface area contributed by atoms with Crippen molar-refractivity contribution < 1.29 is 23.8 Å². The number of primary amides is 1. The quantitative estimate of drug-likeness (QED) is 0.221. The zero-order valence-corrected chi connectivity index (χ0v) is 22.3. The monoisotopic (exact) mass is 539 g/mol. The molecular formula is C27H34FN7O4. The lowest BCUT2D eigenvalue weighted by atomic mass is 10.1. The summed E-state index contributed by atoms with van der Waals surface area (Å²) in [4.78, 5) is 17.9. The Labute approximate surface area is 226 Å². The average molecular weight is 540 g/mol. The van der Waals surface area contributed by atoms with E-state index in [0.717, 1.165) is 12.1 Å². The van der Waals surface area contributed by atoms with Crippen molar-refractivity contribution in [3.63, 3.8) is 0 Å². The fourth-order valence-corrected chi connectivity index (χ4v) is 4.06. The largest absolute Gasteiger partial charge is 0.493 e. The lowest BCUT2D eigenvalue weighted by Crippen LogP contribution is -2.43. The summed E-state index contributed by atoms with van der Waals surface area (Å²) in [5, 5.41) is 23.0. The fourth-order valence-electron chi connectivity index (χ4n) is 4.06. The second-order valence-electron chi connectivity index (χ2n) is 9.79. The van der Waals surface area contributed by atoms with Crippen molar-refractivity contribution in [2.45, 2.75) is 32.2 Å². The normalized spacial score (nSPS) is 14.2. The molecule has 39 heavy (non-hydrogen) atoms. The number of aliphatic imine (C=N–C) groups is 1. The van der Waals surface area contributed by atoms with Gasteiger partial charge in [-0.2, -0.15) is 5.10 Å². The number of carbonyl (C=O) groups is 1. The van der Waals surface area contributed by atoms with E-state index < -0.39 is 5.91 Å². The van der Waals surface area contributed by atoms with Gasteiger partial charge in [-0.1, -0.05) is 6.07 Å². The maximum Gasteiger partial charge on any atom is 0.223 e.